The number of nitrogens with one attached hydrogen (secondary N) is 1. The molecule has 0 spiro atoms. The topological polar surface area (TPSA) is 64.6 Å². The SMILES string of the molecule is COc1ccc(CCNC(=O)c2cc(/C=C/C(=O)OC(C)(C)C)cc(CC=C(C)C)c2)cc1. The zero-order valence-electron chi connectivity index (χ0n) is 20.5. The fourth-order valence-corrected chi connectivity index (χ4v) is 3.10. The number of hydrogen-bond acceptors (Lipinski definition) is 4. The number of allylic oxidation sites excluding steroid dienone is 2. The van der Waals surface area contributed by atoms with Crippen molar-refractivity contribution >= 4 is 18.0 Å². The van der Waals surface area contributed by atoms with E-state index in [9.17, 15) is 9.59 Å². The van der Waals surface area contributed by atoms with Gasteiger partial charge in [0.15, 0.2) is 0 Å². The maximum Gasteiger partial charge on any atom is 0.331 e. The van der Waals surface area contributed by atoms with E-state index in [0.29, 0.717) is 18.5 Å². The van der Waals surface area contributed by atoms with Crippen LogP contribution in [0, 0.1) is 0 Å². The molecule has 0 unspecified atom stereocenters. The lowest BCUT2D eigenvalue weighted by Crippen LogP contribution is -2.25. The minimum atomic E-state index is -0.554. The second-order valence-electron chi connectivity index (χ2n) is 9.17. The van der Waals surface area contributed by atoms with E-state index in [4.69, 9.17) is 9.47 Å². The minimum Gasteiger partial charge on any atom is -0.497 e. The standard InChI is InChI=1S/C28H35NO4/c1-20(2)7-8-22-17-23(11-14-26(30)33-28(3,4)5)19-24(18-22)27(31)29-16-15-21-9-12-25(32-6)13-10-21/h7,9-14,17-19H,8,15-16H2,1-6H3,(H,29,31)/b14-11+. The summed E-state index contributed by atoms with van der Waals surface area (Å²) in [5.41, 5.74) is 4.11. The maximum absolute atomic E-state index is 12.8. The zero-order chi connectivity index (χ0) is 24.4. The highest BCUT2D eigenvalue weighted by atomic mass is 16.6. The molecule has 1 amide bonds. The van der Waals surface area contributed by atoms with Gasteiger partial charge in [-0.15, -0.1) is 0 Å². The third-order valence-corrected chi connectivity index (χ3v) is 4.70. The Morgan fingerprint density at radius 2 is 1.70 bits per heavy atom. The Bertz CT molecular complexity index is 1010. The number of methoxy groups -OCH3 is 1. The summed E-state index contributed by atoms with van der Waals surface area (Å²) in [5.74, 6) is 0.250. The van der Waals surface area contributed by atoms with E-state index in [2.05, 4.69) is 11.4 Å². The number of ether oxygens (including phenoxy) is 2. The first-order valence-corrected chi connectivity index (χ1v) is 11.2. The summed E-state index contributed by atoms with van der Waals surface area (Å²) < 4.78 is 10.5. The maximum atomic E-state index is 12.8. The van der Waals surface area contributed by atoms with Crippen LogP contribution in [0.4, 0.5) is 0 Å². The van der Waals surface area contributed by atoms with Crippen LogP contribution in [0.25, 0.3) is 6.08 Å². The molecule has 0 bridgehead atoms. The molecule has 33 heavy (non-hydrogen) atoms. The largest absolute Gasteiger partial charge is 0.497 e. The Morgan fingerprint density at radius 1 is 1.00 bits per heavy atom. The molecule has 0 aliphatic rings. The Kier molecular flexibility index (Phi) is 9.46. The van der Waals surface area contributed by atoms with Crippen LogP contribution in [0.3, 0.4) is 0 Å². The van der Waals surface area contributed by atoms with Crippen LogP contribution >= 0.6 is 0 Å². The predicted octanol–water partition coefficient (Wildman–Crippen LogP) is 5.53. The number of hydrogen-bond donors (Lipinski definition) is 1. The first-order chi connectivity index (χ1) is 15.6. The van der Waals surface area contributed by atoms with E-state index in [-0.39, 0.29) is 5.91 Å². The fraction of sp³-hybridized carbons (Fsp3) is 0.357. The zero-order valence-corrected chi connectivity index (χ0v) is 20.5. The van der Waals surface area contributed by atoms with Gasteiger partial charge in [-0.1, -0.05) is 29.8 Å². The third-order valence-electron chi connectivity index (χ3n) is 4.70. The van der Waals surface area contributed by atoms with Crippen molar-refractivity contribution < 1.29 is 19.1 Å². The molecule has 0 aliphatic carbocycles. The van der Waals surface area contributed by atoms with E-state index >= 15 is 0 Å². The molecule has 0 atom stereocenters. The Morgan fingerprint density at radius 3 is 2.30 bits per heavy atom. The summed E-state index contributed by atoms with van der Waals surface area (Å²) in [5, 5.41) is 2.99. The van der Waals surface area contributed by atoms with Crippen LogP contribution in [0.2, 0.25) is 0 Å². The summed E-state index contributed by atoms with van der Waals surface area (Å²) in [7, 11) is 1.64. The van der Waals surface area contributed by atoms with Crippen molar-refractivity contribution in [1.82, 2.24) is 5.32 Å². The highest BCUT2D eigenvalue weighted by molar-refractivity contribution is 5.95. The average Bonchev–Trinajstić information content (AvgIpc) is 2.75. The van der Waals surface area contributed by atoms with Gasteiger partial charge in [0.05, 0.1) is 7.11 Å². The summed E-state index contributed by atoms with van der Waals surface area (Å²) in [4.78, 5) is 24.9. The Balaban J connectivity index is 2.12. The monoisotopic (exact) mass is 449 g/mol. The second-order valence-corrected chi connectivity index (χ2v) is 9.17. The first kappa shape index (κ1) is 25.9. The molecule has 0 aliphatic heterocycles. The molecule has 0 radical (unpaired) electrons. The number of carbonyl (C=O) groups is 2. The van der Waals surface area contributed by atoms with Gasteiger partial charge < -0.3 is 14.8 Å². The van der Waals surface area contributed by atoms with E-state index in [0.717, 1.165) is 28.9 Å². The van der Waals surface area contributed by atoms with Crippen molar-refractivity contribution in [1.29, 1.82) is 0 Å². The van der Waals surface area contributed by atoms with E-state index < -0.39 is 11.6 Å². The minimum absolute atomic E-state index is 0.144. The lowest BCUT2D eigenvalue weighted by atomic mass is 10.0. The van der Waals surface area contributed by atoms with E-state index in [1.807, 2.05) is 71.0 Å². The van der Waals surface area contributed by atoms with Crippen LogP contribution in [-0.2, 0) is 22.4 Å². The molecule has 1 N–H and O–H groups in total. The normalized spacial score (nSPS) is 11.2. The Labute approximate surface area is 197 Å². The molecule has 0 aromatic heterocycles. The molecule has 0 saturated carbocycles. The average molecular weight is 450 g/mol. The summed E-state index contributed by atoms with van der Waals surface area (Å²) >= 11 is 0. The van der Waals surface area contributed by atoms with Crippen LogP contribution in [0.5, 0.6) is 5.75 Å². The van der Waals surface area contributed by atoms with Gasteiger partial charge in [0.1, 0.15) is 11.4 Å². The Hall–Kier alpha value is -3.34. The predicted molar refractivity (Wildman–Crippen MR) is 133 cm³/mol. The van der Waals surface area contributed by atoms with Crippen molar-refractivity contribution in [3.8, 4) is 5.75 Å². The number of esters is 1. The molecule has 176 valence electrons. The summed E-state index contributed by atoms with van der Waals surface area (Å²) in [6.07, 6.45) is 6.63. The molecular formula is C28H35NO4. The molecule has 5 nitrogen and oxygen atoms in total. The van der Waals surface area contributed by atoms with E-state index in [1.165, 1.54) is 11.6 Å². The van der Waals surface area contributed by atoms with Crippen molar-refractivity contribution in [2.45, 2.75) is 53.1 Å². The molecule has 2 aromatic rings. The van der Waals surface area contributed by atoms with Crippen molar-refractivity contribution in [2.75, 3.05) is 13.7 Å². The van der Waals surface area contributed by atoms with Gasteiger partial charge in [-0.25, -0.2) is 4.79 Å². The molecule has 2 rings (SSSR count). The lowest BCUT2D eigenvalue weighted by molar-refractivity contribution is -0.148. The first-order valence-electron chi connectivity index (χ1n) is 11.2. The number of carbonyl (C=O) groups excluding carboxylic acids is 2. The van der Waals surface area contributed by atoms with Gasteiger partial charge >= 0.3 is 5.97 Å². The smallest absolute Gasteiger partial charge is 0.331 e. The number of benzene rings is 2. The van der Waals surface area contributed by atoms with Gasteiger partial charge in [-0.05, 0) is 94.5 Å². The van der Waals surface area contributed by atoms with Gasteiger partial charge in [-0.2, -0.15) is 0 Å². The molecule has 0 heterocycles. The van der Waals surface area contributed by atoms with E-state index in [1.54, 1.807) is 19.3 Å². The van der Waals surface area contributed by atoms with Crippen LogP contribution in [0.1, 0.15) is 61.7 Å². The van der Waals surface area contributed by atoms with Crippen LogP contribution < -0.4 is 10.1 Å². The van der Waals surface area contributed by atoms with Crippen molar-refractivity contribution in [3.05, 3.63) is 82.4 Å². The second kappa shape index (κ2) is 12.0. The van der Waals surface area contributed by atoms with Gasteiger partial charge in [-0.3, -0.25) is 4.79 Å². The molecular weight excluding hydrogens is 414 g/mol. The quantitative estimate of drug-likeness (QED) is 0.310. The lowest BCUT2D eigenvalue weighted by Gasteiger charge is -2.17. The van der Waals surface area contributed by atoms with Crippen LogP contribution in [0.15, 0.2) is 60.2 Å². The molecule has 0 saturated heterocycles. The highest BCUT2D eigenvalue weighted by Crippen LogP contribution is 2.16. The fourth-order valence-electron chi connectivity index (χ4n) is 3.10. The van der Waals surface area contributed by atoms with Gasteiger partial charge in [0.2, 0.25) is 0 Å². The number of amides is 1. The number of rotatable bonds is 9. The molecule has 5 heteroatoms. The van der Waals surface area contributed by atoms with Gasteiger partial charge in [0, 0.05) is 18.2 Å². The highest BCUT2D eigenvalue weighted by Gasteiger charge is 2.14. The van der Waals surface area contributed by atoms with Gasteiger partial charge in [0.25, 0.3) is 5.91 Å². The van der Waals surface area contributed by atoms with Crippen molar-refractivity contribution in [3.63, 3.8) is 0 Å². The molecule has 2 aromatic carbocycles. The van der Waals surface area contributed by atoms with Crippen LogP contribution in [-0.4, -0.2) is 31.1 Å². The third kappa shape index (κ3) is 9.77. The summed E-state index contributed by atoms with van der Waals surface area (Å²) in [6, 6.07) is 13.5. The summed E-state index contributed by atoms with van der Waals surface area (Å²) in [6.45, 7) is 10.1. The van der Waals surface area contributed by atoms with Crippen molar-refractivity contribution in [2.24, 2.45) is 0 Å². The molecule has 0 fully saturated rings.